The fourth-order valence-electron chi connectivity index (χ4n) is 0.888. The Morgan fingerprint density at radius 1 is 1.43 bits per heavy atom. The molecule has 0 saturated heterocycles. The number of phenols is 1. The van der Waals surface area contributed by atoms with Crippen LogP contribution in [0.3, 0.4) is 0 Å². The van der Waals surface area contributed by atoms with Gasteiger partial charge in [0, 0.05) is 13.1 Å². The topological polar surface area (TPSA) is 57.6 Å². The highest BCUT2D eigenvalue weighted by molar-refractivity contribution is 7.92. The van der Waals surface area contributed by atoms with Crippen molar-refractivity contribution in [2.24, 2.45) is 0 Å². The van der Waals surface area contributed by atoms with Crippen LogP contribution in [-0.4, -0.2) is 26.8 Å². The lowest BCUT2D eigenvalue weighted by atomic mass is 10.3. The Morgan fingerprint density at radius 3 is 2.43 bits per heavy atom. The van der Waals surface area contributed by atoms with Crippen molar-refractivity contribution in [2.45, 2.75) is 0 Å². The van der Waals surface area contributed by atoms with Crippen LogP contribution in [0.15, 0.2) is 18.2 Å². The van der Waals surface area contributed by atoms with Crippen LogP contribution >= 0.6 is 0 Å². The molecule has 14 heavy (non-hydrogen) atoms. The highest BCUT2D eigenvalue weighted by Crippen LogP contribution is 2.23. The van der Waals surface area contributed by atoms with E-state index in [1.165, 1.54) is 13.1 Å². The Hall–Kier alpha value is -1.30. The van der Waals surface area contributed by atoms with Gasteiger partial charge >= 0.3 is 0 Å². The Kier molecular flexibility index (Phi) is 2.66. The molecule has 0 fully saturated rings. The molecule has 0 saturated carbocycles. The molecule has 1 aromatic carbocycles. The summed E-state index contributed by atoms with van der Waals surface area (Å²) in [5.74, 6) is -1.35. The average Bonchev–Trinajstić information content (AvgIpc) is 2.07. The zero-order valence-electron chi connectivity index (χ0n) is 7.73. The van der Waals surface area contributed by atoms with Crippen molar-refractivity contribution in [1.29, 1.82) is 0 Å². The first-order valence-corrected chi connectivity index (χ1v) is 5.59. The van der Waals surface area contributed by atoms with E-state index >= 15 is 0 Å². The van der Waals surface area contributed by atoms with Crippen LogP contribution in [0.4, 0.5) is 10.1 Å². The SMILES string of the molecule is CN(c1ccc(F)c(O)c1)S(C)(=O)=O. The maximum atomic E-state index is 12.6. The number of nitrogens with zero attached hydrogens (tertiary/aromatic N) is 1. The van der Waals surface area contributed by atoms with E-state index in [4.69, 9.17) is 5.11 Å². The zero-order chi connectivity index (χ0) is 10.9. The molecule has 6 heteroatoms. The monoisotopic (exact) mass is 219 g/mol. The Balaban J connectivity index is 3.16. The van der Waals surface area contributed by atoms with E-state index in [2.05, 4.69) is 0 Å². The lowest BCUT2D eigenvalue weighted by Crippen LogP contribution is -2.24. The highest BCUT2D eigenvalue weighted by Gasteiger charge is 2.13. The molecule has 0 aliphatic heterocycles. The van der Waals surface area contributed by atoms with E-state index in [1.54, 1.807) is 0 Å². The second-order valence-electron chi connectivity index (χ2n) is 2.87. The van der Waals surface area contributed by atoms with Crippen LogP contribution in [0.2, 0.25) is 0 Å². The number of aromatic hydroxyl groups is 1. The molecule has 0 bridgehead atoms. The number of sulfonamides is 1. The summed E-state index contributed by atoms with van der Waals surface area (Å²) in [6.45, 7) is 0. The van der Waals surface area contributed by atoms with Crippen molar-refractivity contribution in [2.75, 3.05) is 17.6 Å². The number of anilines is 1. The van der Waals surface area contributed by atoms with Crippen LogP contribution in [0.1, 0.15) is 0 Å². The molecule has 78 valence electrons. The van der Waals surface area contributed by atoms with Crippen molar-refractivity contribution >= 4 is 15.7 Å². The van der Waals surface area contributed by atoms with Gasteiger partial charge in [-0.3, -0.25) is 4.31 Å². The number of benzene rings is 1. The molecule has 0 radical (unpaired) electrons. The highest BCUT2D eigenvalue weighted by atomic mass is 32.2. The molecule has 1 rings (SSSR count). The molecule has 0 spiro atoms. The smallest absolute Gasteiger partial charge is 0.231 e. The van der Waals surface area contributed by atoms with Crippen molar-refractivity contribution in [3.8, 4) is 5.75 Å². The molecule has 0 aromatic heterocycles. The van der Waals surface area contributed by atoms with Crippen LogP contribution in [0.25, 0.3) is 0 Å². The molecule has 0 amide bonds. The number of halogens is 1. The number of hydrogen-bond acceptors (Lipinski definition) is 3. The zero-order valence-corrected chi connectivity index (χ0v) is 8.55. The third-order valence-electron chi connectivity index (χ3n) is 1.79. The predicted octanol–water partition coefficient (Wildman–Crippen LogP) is 0.927. The van der Waals surface area contributed by atoms with Gasteiger partial charge in [0.1, 0.15) is 0 Å². The molecule has 0 aliphatic carbocycles. The lowest BCUT2D eigenvalue weighted by molar-refractivity contribution is 0.432. The molecule has 0 aliphatic rings. The van der Waals surface area contributed by atoms with Crippen LogP contribution in [0, 0.1) is 5.82 Å². The summed E-state index contributed by atoms with van der Waals surface area (Å²) in [7, 11) is -2.06. The van der Waals surface area contributed by atoms with E-state index in [1.807, 2.05) is 0 Å². The summed E-state index contributed by atoms with van der Waals surface area (Å²) in [6.07, 6.45) is 1.02. The predicted molar refractivity (Wildman–Crippen MR) is 51.3 cm³/mol. The van der Waals surface area contributed by atoms with Crippen molar-refractivity contribution in [3.05, 3.63) is 24.0 Å². The van der Waals surface area contributed by atoms with Gasteiger partial charge in [0.05, 0.1) is 11.9 Å². The van der Waals surface area contributed by atoms with Gasteiger partial charge in [-0.25, -0.2) is 12.8 Å². The van der Waals surface area contributed by atoms with Gasteiger partial charge in [0.2, 0.25) is 10.0 Å². The quantitative estimate of drug-likeness (QED) is 0.804. The maximum absolute atomic E-state index is 12.6. The number of phenolic OH excluding ortho intramolecular Hbond substituents is 1. The number of rotatable bonds is 2. The minimum atomic E-state index is -3.39. The summed E-state index contributed by atoms with van der Waals surface area (Å²) in [4.78, 5) is 0. The molecule has 0 unspecified atom stereocenters. The largest absolute Gasteiger partial charge is 0.505 e. The van der Waals surface area contributed by atoms with Crippen molar-refractivity contribution < 1.29 is 17.9 Å². The van der Waals surface area contributed by atoms with Gasteiger partial charge in [-0.2, -0.15) is 0 Å². The first kappa shape index (κ1) is 10.8. The van der Waals surface area contributed by atoms with Gasteiger partial charge < -0.3 is 5.11 Å². The number of hydrogen-bond donors (Lipinski definition) is 1. The maximum Gasteiger partial charge on any atom is 0.231 e. The van der Waals surface area contributed by atoms with E-state index in [0.29, 0.717) is 0 Å². The molecule has 1 aromatic rings. The Labute approximate surface area is 81.6 Å². The second kappa shape index (κ2) is 3.45. The summed E-state index contributed by atoms with van der Waals surface area (Å²) < 4.78 is 35.7. The first-order valence-electron chi connectivity index (χ1n) is 3.75. The second-order valence-corrected chi connectivity index (χ2v) is 4.88. The minimum Gasteiger partial charge on any atom is -0.505 e. The molecule has 0 atom stereocenters. The summed E-state index contributed by atoms with van der Waals surface area (Å²) in [5.41, 5.74) is 0.214. The fourth-order valence-corrected chi connectivity index (χ4v) is 1.38. The van der Waals surface area contributed by atoms with Crippen molar-refractivity contribution in [3.63, 3.8) is 0 Å². The molecule has 1 N–H and O–H groups in total. The molecule has 0 heterocycles. The third kappa shape index (κ3) is 2.14. The van der Waals surface area contributed by atoms with E-state index in [-0.39, 0.29) is 5.69 Å². The molecular formula is C8H10FNO3S. The Morgan fingerprint density at radius 2 is 2.00 bits per heavy atom. The standard InChI is InChI=1S/C8H10FNO3S/c1-10(14(2,12)13)6-3-4-7(9)8(11)5-6/h3-5,11H,1-2H3. The van der Waals surface area contributed by atoms with Gasteiger partial charge in [0.25, 0.3) is 0 Å². The molecular weight excluding hydrogens is 209 g/mol. The van der Waals surface area contributed by atoms with Crippen LogP contribution < -0.4 is 4.31 Å². The van der Waals surface area contributed by atoms with Crippen LogP contribution in [0.5, 0.6) is 5.75 Å². The van der Waals surface area contributed by atoms with Gasteiger partial charge in [-0.15, -0.1) is 0 Å². The van der Waals surface area contributed by atoms with E-state index in [0.717, 1.165) is 22.7 Å². The lowest BCUT2D eigenvalue weighted by Gasteiger charge is -2.16. The molecule has 4 nitrogen and oxygen atoms in total. The van der Waals surface area contributed by atoms with Crippen LogP contribution in [-0.2, 0) is 10.0 Å². The fraction of sp³-hybridized carbons (Fsp3) is 0.250. The van der Waals surface area contributed by atoms with E-state index < -0.39 is 21.6 Å². The minimum absolute atomic E-state index is 0.214. The average molecular weight is 219 g/mol. The third-order valence-corrected chi connectivity index (χ3v) is 3.00. The Bertz CT molecular complexity index is 444. The van der Waals surface area contributed by atoms with Gasteiger partial charge in [-0.05, 0) is 12.1 Å². The first-order chi connectivity index (χ1) is 6.32. The normalized spacial score (nSPS) is 11.4. The van der Waals surface area contributed by atoms with Gasteiger partial charge in [0.15, 0.2) is 11.6 Å². The summed E-state index contributed by atoms with van der Waals surface area (Å²) in [6, 6.07) is 3.33. The summed E-state index contributed by atoms with van der Waals surface area (Å²) >= 11 is 0. The van der Waals surface area contributed by atoms with E-state index in [9.17, 15) is 12.8 Å². The van der Waals surface area contributed by atoms with Gasteiger partial charge in [-0.1, -0.05) is 0 Å². The summed E-state index contributed by atoms with van der Waals surface area (Å²) in [5, 5.41) is 9.02. The van der Waals surface area contributed by atoms with Crippen molar-refractivity contribution in [1.82, 2.24) is 0 Å².